The van der Waals surface area contributed by atoms with Crippen LogP contribution in [-0.2, 0) is 9.53 Å². The van der Waals surface area contributed by atoms with E-state index in [0.717, 1.165) is 5.56 Å². The molecule has 1 unspecified atom stereocenters. The zero-order valence-electron chi connectivity index (χ0n) is 21.5. The van der Waals surface area contributed by atoms with Crippen LogP contribution in [-0.4, -0.2) is 38.8 Å². The number of rotatable bonds is 7. The van der Waals surface area contributed by atoms with Gasteiger partial charge in [-0.3, -0.25) is 19.5 Å². The fourth-order valence-electron chi connectivity index (χ4n) is 4.42. The molecule has 5 rings (SSSR count). The average molecular weight is 540 g/mol. The van der Waals surface area contributed by atoms with E-state index >= 15 is 0 Å². The molecule has 1 amide bonds. The third kappa shape index (κ3) is 4.96. The van der Waals surface area contributed by atoms with E-state index in [9.17, 15) is 19.5 Å². The maximum absolute atomic E-state index is 14.0. The van der Waals surface area contributed by atoms with E-state index in [0.29, 0.717) is 27.0 Å². The molecule has 4 aromatic rings. The SMILES string of the molecule is Cc1nc(-c2ccccc2)sc1C(=O)C1=C(O)C(=O)N(c2cccc(C(=O)OC(C)C)c2)C1c1ccccn1. The first-order chi connectivity index (χ1) is 18.8. The van der Waals surface area contributed by atoms with E-state index in [1.165, 1.54) is 22.3 Å². The minimum Gasteiger partial charge on any atom is -0.503 e. The van der Waals surface area contributed by atoms with Crippen molar-refractivity contribution in [2.45, 2.75) is 32.9 Å². The van der Waals surface area contributed by atoms with Gasteiger partial charge in [-0.25, -0.2) is 9.78 Å². The molecule has 0 saturated heterocycles. The number of aliphatic hydroxyl groups is 1. The van der Waals surface area contributed by atoms with Crippen LogP contribution in [0.3, 0.4) is 0 Å². The van der Waals surface area contributed by atoms with Gasteiger partial charge in [0.15, 0.2) is 5.76 Å². The molecule has 39 heavy (non-hydrogen) atoms. The first-order valence-corrected chi connectivity index (χ1v) is 13.1. The molecule has 9 heteroatoms. The van der Waals surface area contributed by atoms with Crippen molar-refractivity contribution in [1.29, 1.82) is 0 Å². The molecule has 0 saturated carbocycles. The van der Waals surface area contributed by atoms with Crippen molar-refractivity contribution in [3.63, 3.8) is 0 Å². The zero-order chi connectivity index (χ0) is 27.7. The molecule has 1 atom stereocenters. The zero-order valence-corrected chi connectivity index (χ0v) is 22.3. The molecule has 2 aromatic carbocycles. The summed E-state index contributed by atoms with van der Waals surface area (Å²) in [4.78, 5) is 50.7. The summed E-state index contributed by atoms with van der Waals surface area (Å²) >= 11 is 1.20. The Labute approximate surface area is 229 Å². The summed E-state index contributed by atoms with van der Waals surface area (Å²) in [6.45, 7) is 5.21. The van der Waals surface area contributed by atoms with Crippen LogP contribution in [0.5, 0.6) is 0 Å². The first kappa shape index (κ1) is 26.0. The maximum Gasteiger partial charge on any atom is 0.338 e. The number of nitrogens with zero attached hydrogens (tertiary/aromatic N) is 3. The van der Waals surface area contributed by atoms with E-state index < -0.39 is 29.5 Å². The van der Waals surface area contributed by atoms with Gasteiger partial charge in [0.25, 0.3) is 5.91 Å². The number of hydrogen-bond donors (Lipinski definition) is 1. The van der Waals surface area contributed by atoms with Crippen LogP contribution in [0.1, 0.15) is 51.3 Å². The van der Waals surface area contributed by atoms with Crippen LogP contribution >= 0.6 is 11.3 Å². The van der Waals surface area contributed by atoms with Gasteiger partial charge in [0.2, 0.25) is 5.78 Å². The molecule has 2 aromatic heterocycles. The van der Waals surface area contributed by atoms with E-state index in [-0.39, 0.29) is 17.2 Å². The highest BCUT2D eigenvalue weighted by atomic mass is 32.1. The Hall–Kier alpha value is -4.63. The first-order valence-electron chi connectivity index (χ1n) is 12.3. The minimum absolute atomic E-state index is 0.0970. The van der Waals surface area contributed by atoms with Crippen LogP contribution in [0.4, 0.5) is 5.69 Å². The lowest BCUT2D eigenvalue weighted by atomic mass is 9.98. The summed E-state index contributed by atoms with van der Waals surface area (Å²) in [7, 11) is 0. The number of carbonyl (C=O) groups excluding carboxylic acids is 3. The Bertz CT molecular complexity index is 1600. The highest BCUT2D eigenvalue weighted by molar-refractivity contribution is 7.17. The Morgan fingerprint density at radius 1 is 1.03 bits per heavy atom. The number of aromatic nitrogens is 2. The van der Waals surface area contributed by atoms with Gasteiger partial charge in [-0.05, 0) is 51.1 Å². The molecule has 0 aliphatic carbocycles. The molecule has 1 aliphatic heterocycles. The Balaban J connectivity index is 1.59. The highest BCUT2D eigenvalue weighted by Crippen LogP contribution is 2.43. The number of Topliss-reactive ketones (excluding diaryl/α,β-unsaturated/α-hetero) is 1. The number of amides is 1. The van der Waals surface area contributed by atoms with Gasteiger partial charge in [0.05, 0.1) is 33.5 Å². The number of anilines is 1. The standard InChI is InChI=1S/C30H25N3O5S/c1-17(2)38-30(37)20-12-9-13-21(16-20)33-24(22-14-7-8-15-31-22)23(26(35)29(33)36)25(34)27-18(3)32-28(39-27)19-10-5-4-6-11-19/h4-17,24,35H,1-3H3. The molecule has 0 radical (unpaired) electrons. The second-order valence-electron chi connectivity index (χ2n) is 9.23. The molecular weight excluding hydrogens is 514 g/mol. The fraction of sp³-hybridized carbons (Fsp3) is 0.167. The van der Waals surface area contributed by atoms with E-state index in [4.69, 9.17) is 4.74 Å². The van der Waals surface area contributed by atoms with Gasteiger partial charge in [-0.1, -0.05) is 42.5 Å². The van der Waals surface area contributed by atoms with Crippen molar-refractivity contribution in [3.8, 4) is 10.6 Å². The summed E-state index contributed by atoms with van der Waals surface area (Å²) < 4.78 is 5.31. The number of thiazole rings is 1. The molecule has 0 fully saturated rings. The number of ketones is 1. The summed E-state index contributed by atoms with van der Waals surface area (Å²) in [5.74, 6) is -2.49. The number of aliphatic hydroxyl groups excluding tert-OH is 1. The lowest BCUT2D eigenvalue weighted by Crippen LogP contribution is -2.31. The average Bonchev–Trinajstić information content (AvgIpc) is 3.46. The van der Waals surface area contributed by atoms with Gasteiger partial charge < -0.3 is 9.84 Å². The molecule has 196 valence electrons. The number of ether oxygens (including phenoxy) is 1. The molecule has 1 aliphatic rings. The van der Waals surface area contributed by atoms with Crippen molar-refractivity contribution >= 4 is 34.7 Å². The Kier molecular flexibility index (Phi) is 7.08. The monoisotopic (exact) mass is 539 g/mol. The number of esters is 1. The number of hydrogen-bond acceptors (Lipinski definition) is 8. The fourth-order valence-corrected chi connectivity index (χ4v) is 5.45. The topological polar surface area (TPSA) is 110 Å². The summed E-state index contributed by atoms with van der Waals surface area (Å²) in [6, 6.07) is 19.9. The second kappa shape index (κ2) is 10.6. The van der Waals surface area contributed by atoms with E-state index in [2.05, 4.69) is 9.97 Å². The maximum atomic E-state index is 14.0. The van der Waals surface area contributed by atoms with Crippen molar-refractivity contribution in [2.24, 2.45) is 0 Å². The largest absolute Gasteiger partial charge is 0.503 e. The van der Waals surface area contributed by atoms with Crippen molar-refractivity contribution in [2.75, 3.05) is 4.90 Å². The van der Waals surface area contributed by atoms with Crippen LogP contribution < -0.4 is 4.90 Å². The Morgan fingerprint density at radius 3 is 2.46 bits per heavy atom. The van der Waals surface area contributed by atoms with Gasteiger partial charge in [0.1, 0.15) is 11.0 Å². The number of pyridine rings is 1. The minimum atomic E-state index is -1.02. The van der Waals surface area contributed by atoms with Crippen molar-refractivity contribution in [3.05, 3.63) is 112 Å². The van der Waals surface area contributed by atoms with Gasteiger partial charge in [-0.2, -0.15) is 0 Å². The van der Waals surface area contributed by atoms with Crippen LogP contribution in [0.2, 0.25) is 0 Å². The van der Waals surface area contributed by atoms with E-state index in [1.54, 1.807) is 63.4 Å². The summed E-state index contributed by atoms with van der Waals surface area (Å²) in [5, 5.41) is 11.8. The smallest absolute Gasteiger partial charge is 0.338 e. The number of aryl methyl sites for hydroxylation is 1. The molecule has 0 bridgehead atoms. The van der Waals surface area contributed by atoms with Crippen molar-refractivity contribution < 1.29 is 24.2 Å². The molecule has 8 nitrogen and oxygen atoms in total. The molecular formula is C30H25N3O5S. The third-order valence-corrected chi connectivity index (χ3v) is 7.35. The summed E-state index contributed by atoms with van der Waals surface area (Å²) in [5.41, 5.74) is 2.19. The highest BCUT2D eigenvalue weighted by Gasteiger charge is 2.46. The van der Waals surface area contributed by atoms with Gasteiger partial charge in [0, 0.05) is 17.4 Å². The number of carbonyl (C=O) groups is 3. The quantitative estimate of drug-likeness (QED) is 0.231. The predicted molar refractivity (Wildman–Crippen MR) is 148 cm³/mol. The summed E-state index contributed by atoms with van der Waals surface area (Å²) in [6.07, 6.45) is 1.23. The van der Waals surface area contributed by atoms with Crippen molar-refractivity contribution in [1.82, 2.24) is 9.97 Å². The molecule has 1 N–H and O–H groups in total. The van der Waals surface area contributed by atoms with E-state index in [1.807, 2.05) is 30.3 Å². The lowest BCUT2D eigenvalue weighted by Gasteiger charge is -2.26. The third-order valence-electron chi connectivity index (χ3n) is 6.15. The lowest BCUT2D eigenvalue weighted by molar-refractivity contribution is -0.117. The van der Waals surface area contributed by atoms with Gasteiger partial charge >= 0.3 is 5.97 Å². The van der Waals surface area contributed by atoms with Gasteiger partial charge in [-0.15, -0.1) is 11.3 Å². The second-order valence-corrected chi connectivity index (χ2v) is 10.2. The molecule has 0 spiro atoms. The van der Waals surface area contributed by atoms with Crippen LogP contribution in [0.15, 0.2) is 90.3 Å². The van der Waals surface area contributed by atoms with Crippen LogP contribution in [0.25, 0.3) is 10.6 Å². The Morgan fingerprint density at radius 2 is 1.77 bits per heavy atom. The normalized spacial score (nSPS) is 15.2. The molecule has 3 heterocycles. The van der Waals surface area contributed by atoms with Crippen LogP contribution in [0, 0.1) is 6.92 Å². The predicted octanol–water partition coefficient (Wildman–Crippen LogP) is 5.86. The number of benzene rings is 2.